The normalized spacial score (nSPS) is 21.4. The van der Waals surface area contributed by atoms with Crippen molar-refractivity contribution in [1.82, 2.24) is 0 Å². The van der Waals surface area contributed by atoms with Crippen molar-refractivity contribution < 1.29 is 18.9 Å². The average molecular weight is 399 g/mol. The molecule has 0 saturated carbocycles. The van der Waals surface area contributed by atoms with Crippen LogP contribution in [-0.2, 0) is 11.2 Å². The molecule has 2 atom stereocenters. The number of benzene rings is 1. The Labute approximate surface area is 163 Å². The number of nitrogens with one attached hydrogen (secondary N) is 1. The maximum atomic E-state index is 13.5. The number of carbonyl (C=O) groups is 2. The van der Waals surface area contributed by atoms with Crippen LogP contribution in [0.3, 0.4) is 0 Å². The highest BCUT2D eigenvalue weighted by molar-refractivity contribution is 7.10. The molecule has 3 aromatic rings. The fraction of sp³-hybridized carbons (Fsp3) is 0.200. The van der Waals surface area contributed by atoms with Crippen molar-refractivity contribution >= 4 is 40.1 Å². The van der Waals surface area contributed by atoms with Crippen LogP contribution in [0.5, 0.6) is 0 Å². The number of rotatable bonds is 3. The quantitative estimate of drug-likeness (QED) is 0.688. The van der Waals surface area contributed by atoms with Crippen LogP contribution in [-0.4, -0.2) is 24.9 Å². The number of halogens is 1. The van der Waals surface area contributed by atoms with Crippen molar-refractivity contribution in [2.24, 2.45) is 0 Å². The number of carbonyl (C=O) groups excluding carboxylic acids is 2. The third-order valence-corrected chi connectivity index (χ3v) is 7.23. The lowest BCUT2D eigenvalue weighted by Gasteiger charge is -2.34. The highest BCUT2D eigenvalue weighted by Gasteiger charge is 2.41. The summed E-state index contributed by atoms with van der Waals surface area (Å²) in [5.74, 6) is -1.68. The highest BCUT2D eigenvalue weighted by atomic mass is 32.1. The topological polar surface area (TPSA) is 41.8 Å². The van der Waals surface area contributed by atoms with Crippen LogP contribution in [0, 0.1) is 5.82 Å². The first kappa shape index (κ1) is 16.8. The number of hydrogen-bond donors (Lipinski definition) is 1. The Morgan fingerprint density at radius 1 is 1.15 bits per heavy atom. The van der Waals surface area contributed by atoms with Crippen LogP contribution >= 0.6 is 22.7 Å². The van der Waals surface area contributed by atoms with Gasteiger partial charge in [0, 0.05) is 16.9 Å². The number of quaternary nitrogens is 1. The summed E-state index contributed by atoms with van der Waals surface area (Å²) in [7, 11) is 0. The maximum Gasteiger partial charge on any atom is 0.303 e. The van der Waals surface area contributed by atoms with Gasteiger partial charge in [-0.1, -0.05) is 6.07 Å². The van der Waals surface area contributed by atoms with Crippen molar-refractivity contribution in [3.8, 4) is 0 Å². The van der Waals surface area contributed by atoms with Crippen LogP contribution in [0.25, 0.3) is 0 Å². The fourth-order valence-corrected chi connectivity index (χ4v) is 5.88. The summed E-state index contributed by atoms with van der Waals surface area (Å²) in [5.41, 5.74) is 1.99. The Balaban J connectivity index is 1.52. The van der Waals surface area contributed by atoms with Gasteiger partial charge in [0.05, 0.1) is 22.7 Å². The molecule has 1 amide bonds. The third kappa shape index (κ3) is 2.65. The van der Waals surface area contributed by atoms with Crippen molar-refractivity contribution in [2.75, 3.05) is 18.1 Å². The number of anilines is 1. The zero-order valence-corrected chi connectivity index (χ0v) is 15.9. The minimum absolute atomic E-state index is 0.146. The van der Waals surface area contributed by atoms with Crippen LogP contribution < -0.4 is 9.80 Å². The summed E-state index contributed by atoms with van der Waals surface area (Å²) < 4.78 is 13.5. The summed E-state index contributed by atoms with van der Waals surface area (Å²) in [6, 6.07) is 10.5. The lowest BCUT2D eigenvalue weighted by Crippen LogP contribution is -3.15. The lowest BCUT2D eigenvalue weighted by molar-refractivity contribution is -0.926. The molecule has 4 nitrogen and oxygen atoms in total. The van der Waals surface area contributed by atoms with Crippen LogP contribution in [0.1, 0.15) is 31.7 Å². The molecule has 27 heavy (non-hydrogen) atoms. The first-order chi connectivity index (χ1) is 13.1. The molecule has 1 aromatic carbocycles. The third-order valence-electron chi connectivity index (χ3n) is 5.29. The van der Waals surface area contributed by atoms with Gasteiger partial charge >= 0.3 is 5.91 Å². The Morgan fingerprint density at radius 2 is 2.04 bits per heavy atom. The Bertz CT molecular complexity index is 1040. The van der Waals surface area contributed by atoms with Crippen molar-refractivity contribution in [1.29, 1.82) is 0 Å². The van der Waals surface area contributed by atoms with Gasteiger partial charge in [0.25, 0.3) is 5.78 Å². The molecule has 0 spiro atoms. The number of Topliss-reactive ketones (excluding diaryl/α,β-unsaturated/α-hetero) is 1. The first-order valence-corrected chi connectivity index (χ1v) is 10.5. The van der Waals surface area contributed by atoms with E-state index < -0.39 is 17.5 Å². The van der Waals surface area contributed by atoms with Gasteiger partial charge in [-0.2, -0.15) is 0 Å². The lowest BCUT2D eigenvalue weighted by atomic mass is 9.99. The predicted octanol–water partition coefficient (Wildman–Crippen LogP) is 2.67. The SMILES string of the molecule is O=C1C(=O)N(C[NH+]2CCc3sccc3[C@H]2c2cccs2)c2ccc(F)cc21. The molecule has 1 unspecified atom stereocenters. The minimum Gasteiger partial charge on any atom is -0.306 e. The molecule has 4 heterocycles. The molecular weight excluding hydrogens is 383 g/mol. The largest absolute Gasteiger partial charge is 0.306 e. The van der Waals surface area contributed by atoms with Gasteiger partial charge in [0.1, 0.15) is 5.82 Å². The van der Waals surface area contributed by atoms with E-state index in [-0.39, 0.29) is 11.6 Å². The standard InChI is InChI=1S/C20H15FN2O2S2/c21-12-3-4-15-14(10-12)19(24)20(25)23(15)11-22-7-5-16-13(6-9-27-16)18(22)17-2-1-8-26-17/h1-4,6,8-10,18H,5,7,11H2/p+1/t18-/m0/s1. The highest BCUT2D eigenvalue weighted by Crippen LogP contribution is 2.33. The molecule has 2 aliphatic heterocycles. The maximum absolute atomic E-state index is 13.5. The molecule has 136 valence electrons. The zero-order valence-electron chi connectivity index (χ0n) is 14.3. The summed E-state index contributed by atoms with van der Waals surface area (Å²) in [4.78, 5) is 30.3. The fourth-order valence-electron chi connectivity index (χ4n) is 4.06. The molecule has 1 N–H and O–H groups in total. The van der Waals surface area contributed by atoms with E-state index in [1.165, 1.54) is 37.3 Å². The molecule has 0 fully saturated rings. The van der Waals surface area contributed by atoms with E-state index in [0.717, 1.165) is 19.0 Å². The molecule has 0 saturated heterocycles. The van der Waals surface area contributed by atoms with Gasteiger partial charge in [-0.05, 0) is 41.1 Å². The smallest absolute Gasteiger partial charge is 0.303 e. The molecule has 0 aliphatic carbocycles. The van der Waals surface area contributed by atoms with E-state index in [4.69, 9.17) is 0 Å². The number of thiophene rings is 2. The van der Waals surface area contributed by atoms with Gasteiger partial charge in [-0.3, -0.25) is 14.5 Å². The van der Waals surface area contributed by atoms with Crippen LogP contribution in [0.15, 0.2) is 47.2 Å². The van der Waals surface area contributed by atoms with E-state index in [1.54, 1.807) is 22.7 Å². The van der Waals surface area contributed by atoms with E-state index in [0.29, 0.717) is 12.4 Å². The summed E-state index contributed by atoms with van der Waals surface area (Å²) in [6.45, 7) is 1.27. The van der Waals surface area contributed by atoms with Crippen LogP contribution in [0.2, 0.25) is 0 Å². The monoisotopic (exact) mass is 399 g/mol. The summed E-state index contributed by atoms with van der Waals surface area (Å²) in [6.07, 6.45) is 0.955. The van der Waals surface area contributed by atoms with Gasteiger partial charge in [-0.15, -0.1) is 22.7 Å². The number of fused-ring (bicyclic) bond motifs is 2. The van der Waals surface area contributed by atoms with Gasteiger partial charge in [0.15, 0.2) is 12.7 Å². The van der Waals surface area contributed by atoms with E-state index >= 15 is 0 Å². The molecule has 2 aromatic heterocycles. The number of ketones is 1. The number of hydrogen-bond acceptors (Lipinski definition) is 4. The second-order valence-corrected chi connectivity index (χ2v) is 8.77. The van der Waals surface area contributed by atoms with Crippen molar-refractivity contribution in [3.63, 3.8) is 0 Å². The Hall–Kier alpha value is -2.35. The van der Waals surface area contributed by atoms with E-state index in [1.807, 2.05) is 6.07 Å². The van der Waals surface area contributed by atoms with Gasteiger partial charge in [-0.25, -0.2) is 4.39 Å². The zero-order chi connectivity index (χ0) is 18.5. The van der Waals surface area contributed by atoms with E-state index in [2.05, 4.69) is 22.9 Å². The summed E-state index contributed by atoms with van der Waals surface area (Å²) >= 11 is 3.49. The predicted molar refractivity (Wildman–Crippen MR) is 103 cm³/mol. The number of nitrogens with zero attached hydrogens (tertiary/aromatic N) is 1. The van der Waals surface area contributed by atoms with Gasteiger partial charge < -0.3 is 4.90 Å². The molecule has 5 rings (SSSR count). The molecule has 0 bridgehead atoms. The molecular formula is C20H16FN2O2S2+. The molecule has 2 aliphatic rings. The van der Waals surface area contributed by atoms with Gasteiger partial charge in [0.2, 0.25) is 0 Å². The van der Waals surface area contributed by atoms with Crippen molar-refractivity contribution in [3.05, 3.63) is 73.9 Å². The molecule has 0 radical (unpaired) electrons. The minimum atomic E-state index is -0.621. The second kappa shape index (κ2) is 6.37. The van der Waals surface area contributed by atoms with E-state index in [9.17, 15) is 14.0 Å². The second-order valence-electron chi connectivity index (χ2n) is 6.79. The first-order valence-electron chi connectivity index (χ1n) is 8.73. The van der Waals surface area contributed by atoms with Crippen LogP contribution in [0.4, 0.5) is 10.1 Å². The Kier molecular flexibility index (Phi) is 3.96. The summed E-state index contributed by atoms with van der Waals surface area (Å²) in [5, 5.41) is 4.19. The van der Waals surface area contributed by atoms with Crippen molar-refractivity contribution in [2.45, 2.75) is 12.5 Å². The molecule has 7 heteroatoms. The average Bonchev–Trinajstić information content (AvgIpc) is 3.39. The number of amides is 1. The Morgan fingerprint density at radius 3 is 2.85 bits per heavy atom.